The average molecular weight is 491 g/mol. The molecule has 0 radical (unpaired) electrons. The van der Waals surface area contributed by atoms with Crippen LogP contribution in [0, 0.1) is 0 Å². The summed E-state index contributed by atoms with van der Waals surface area (Å²) in [4.78, 5) is 42.5. The summed E-state index contributed by atoms with van der Waals surface area (Å²) in [5.41, 5.74) is 22.2. The number of hydrogen-bond acceptors (Lipinski definition) is 6. The number of rotatable bonds is 18. The Morgan fingerprint density at radius 2 is 1.37 bits per heavy atom. The maximum atomic E-state index is 13.1. The summed E-state index contributed by atoms with van der Waals surface area (Å²) < 4.78 is 0. The van der Waals surface area contributed by atoms with Gasteiger partial charge in [-0.05, 0) is 76.6 Å². The van der Waals surface area contributed by atoms with E-state index in [1.807, 2.05) is 6.07 Å². The Bertz CT molecular complexity index is 784. The molecule has 0 aliphatic heterocycles. The molecule has 0 unspecified atom stereocenters. The van der Waals surface area contributed by atoms with Crippen LogP contribution in [0.1, 0.15) is 61.7 Å². The van der Waals surface area contributed by atoms with Crippen LogP contribution in [0.3, 0.4) is 0 Å². The van der Waals surface area contributed by atoms with Crippen LogP contribution >= 0.6 is 0 Å². The number of guanidine groups is 1. The summed E-state index contributed by atoms with van der Waals surface area (Å²) in [5, 5.41) is 8.50. The van der Waals surface area contributed by atoms with Crippen molar-refractivity contribution in [3.63, 3.8) is 0 Å². The Hall–Kier alpha value is -3.18. The Morgan fingerprint density at radius 3 is 1.94 bits per heavy atom. The van der Waals surface area contributed by atoms with Gasteiger partial charge in [0.2, 0.25) is 11.8 Å². The van der Waals surface area contributed by atoms with Crippen LogP contribution in [-0.2, 0) is 9.59 Å². The largest absolute Gasteiger partial charge is 0.370 e. The molecule has 0 spiro atoms. The van der Waals surface area contributed by atoms with Gasteiger partial charge >= 0.3 is 0 Å². The third kappa shape index (κ3) is 13.3. The summed E-state index contributed by atoms with van der Waals surface area (Å²) >= 11 is 0. The molecule has 0 aliphatic rings. The predicted octanol–water partition coefficient (Wildman–Crippen LogP) is -0.302. The van der Waals surface area contributed by atoms with Crippen LogP contribution < -0.4 is 38.9 Å². The summed E-state index contributed by atoms with van der Waals surface area (Å²) in [7, 11) is 0. The van der Waals surface area contributed by atoms with Gasteiger partial charge in [0.05, 0.1) is 0 Å². The predicted molar refractivity (Wildman–Crippen MR) is 138 cm³/mol. The quantitative estimate of drug-likeness (QED) is 0.0830. The third-order valence-corrected chi connectivity index (χ3v) is 5.36. The van der Waals surface area contributed by atoms with E-state index >= 15 is 0 Å². The van der Waals surface area contributed by atoms with Crippen LogP contribution in [0.4, 0.5) is 0 Å². The van der Waals surface area contributed by atoms with E-state index in [4.69, 9.17) is 22.9 Å². The maximum Gasteiger partial charge on any atom is 0.251 e. The van der Waals surface area contributed by atoms with Crippen molar-refractivity contribution >= 4 is 23.7 Å². The van der Waals surface area contributed by atoms with E-state index in [-0.39, 0.29) is 17.8 Å². The fraction of sp³-hybridized carbons (Fsp3) is 0.583. The molecule has 196 valence electrons. The molecule has 0 aromatic heterocycles. The molecule has 11 nitrogen and oxygen atoms in total. The molecule has 2 atom stereocenters. The Morgan fingerprint density at radius 1 is 0.771 bits per heavy atom. The zero-order valence-corrected chi connectivity index (χ0v) is 20.5. The van der Waals surface area contributed by atoms with E-state index in [1.54, 1.807) is 24.3 Å². The second kappa shape index (κ2) is 18.2. The van der Waals surface area contributed by atoms with Crippen molar-refractivity contribution < 1.29 is 14.4 Å². The molecule has 0 saturated heterocycles. The fourth-order valence-corrected chi connectivity index (χ4v) is 3.41. The Kier molecular flexibility index (Phi) is 15.5. The topological polar surface area (TPSA) is 204 Å². The molecular weight excluding hydrogens is 448 g/mol. The van der Waals surface area contributed by atoms with E-state index in [2.05, 4.69) is 20.9 Å². The molecule has 0 aliphatic carbocycles. The summed E-state index contributed by atoms with van der Waals surface area (Å²) in [6, 6.07) is 7.19. The number of unbranched alkanes of at least 4 members (excludes halogenated alkanes) is 3. The van der Waals surface area contributed by atoms with Gasteiger partial charge in [0.15, 0.2) is 5.96 Å². The number of nitrogens with one attached hydrogen (secondary N) is 3. The highest BCUT2D eigenvalue weighted by atomic mass is 16.2. The lowest BCUT2D eigenvalue weighted by atomic mass is 10.0. The number of hydrogen-bond donors (Lipinski definition) is 7. The normalized spacial score (nSPS) is 12.3. The lowest BCUT2D eigenvalue weighted by Gasteiger charge is -2.23. The van der Waals surface area contributed by atoms with Gasteiger partial charge in [-0.1, -0.05) is 18.2 Å². The number of carbonyl (C=O) groups is 3. The molecule has 3 amide bonds. The molecule has 1 rings (SSSR count). The van der Waals surface area contributed by atoms with Crippen molar-refractivity contribution in [3.05, 3.63) is 35.9 Å². The minimum Gasteiger partial charge on any atom is -0.370 e. The lowest BCUT2D eigenvalue weighted by molar-refractivity contribution is -0.130. The Labute approximate surface area is 207 Å². The lowest BCUT2D eigenvalue weighted by Crippen LogP contribution is -2.53. The molecule has 0 heterocycles. The minimum absolute atomic E-state index is 0.0390. The van der Waals surface area contributed by atoms with Crippen molar-refractivity contribution in [1.29, 1.82) is 0 Å². The van der Waals surface area contributed by atoms with Crippen molar-refractivity contribution in [1.82, 2.24) is 16.0 Å². The standard InChI is InChI=1S/C24H42N8O3/c25-14-6-4-12-19(22(34)29-16-8-9-17-30-24(27)28)32-23(35)20(13-5-7-15-26)31-21(33)18-10-2-1-3-11-18/h1-3,10-11,19-20H,4-9,12-17,25-26H2,(H,29,34)(H,31,33)(H,32,35)(H4,27,28,30)/t19-,20-/m0/s1. The zero-order valence-electron chi connectivity index (χ0n) is 20.5. The van der Waals surface area contributed by atoms with Gasteiger partial charge in [-0.25, -0.2) is 0 Å². The average Bonchev–Trinajstić information content (AvgIpc) is 2.85. The number of amides is 3. The van der Waals surface area contributed by atoms with Gasteiger partial charge in [0.25, 0.3) is 5.91 Å². The van der Waals surface area contributed by atoms with Crippen molar-refractivity contribution in [3.8, 4) is 0 Å². The molecule has 0 saturated carbocycles. The van der Waals surface area contributed by atoms with Crippen molar-refractivity contribution in [2.24, 2.45) is 27.9 Å². The number of carbonyl (C=O) groups excluding carboxylic acids is 3. The molecule has 11 N–H and O–H groups in total. The third-order valence-electron chi connectivity index (χ3n) is 5.36. The van der Waals surface area contributed by atoms with Gasteiger partial charge in [-0.3, -0.25) is 19.4 Å². The smallest absolute Gasteiger partial charge is 0.251 e. The summed E-state index contributed by atoms with van der Waals surface area (Å²) in [5.74, 6) is -0.972. The first kappa shape index (κ1) is 29.9. The van der Waals surface area contributed by atoms with Gasteiger partial charge in [0, 0.05) is 18.7 Å². The van der Waals surface area contributed by atoms with Crippen LogP contribution in [0.25, 0.3) is 0 Å². The maximum absolute atomic E-state index is 13.1. The molecule has 35 heavy (non-hydrogen) atoms. The molecule has 1 aromatic carbocycles. The first-order valence-electron chi connectivity index (χ1n) is 12.3. The van der Waals surface area contributed by atoms with Crippen molar-refractivity contribution in [2.75, 3.05) is 26.2 Å². The first-order chi connectivity index (χ1) is 16.9. The number of benzene rings is 1. The Balaban J connectivity index is 2.76. The zero-order chi connectivity index (χ0) is 25.9. The number of aliphatic imine (C=N–C) groups is 1. The monoisotopic (exact) mass is 490 g/mol. The van der Waals surface area contributed by atoms with Gasteiger partial charge in [-0.2, -0.15) is 0 Å². The van der Waals surface area contributed by atoms with E-state index in [0.717, 1.165) is 19.3 Å². The number of nitrogens with two attached hydrogens (primary N) is 4. The molecule has 11 heteroatoms. The van der Waals surface area contributed by atoms with E-state index in [0.29, 0.717) is 63.8 Å². The fourth-order valence-electron chi connectivity index (χ4n) is 3.41. The number of nitrogens with zero attached hydrogens (tertiary/aromatic N) is 1. The van der Waals surface area contributed by atoms with Gasteiger partial charge < -0.3 is 38.9 Å². The van der Waals surface area contributed by atoms with Gasteiger partial charge in [-0.15, -0.1) is 0 Å². The SMILES string of the molecule is NCCCC[C@H](NC(=O)c1ccccc1)C(=O)N[C@@H](CCCCN)C(=O)NCCCCN=C(N)N. The summed E-state index contributed by atoms with van der Waals surface area (Å²) in [6.45, 7) is 1.92. The molecule has 0 fully saturated rings. The van der Waals surface area contributed by atoms with Crippen LogP contribution in [-0.4, -0.2) is 61.9 Å². The highest BCUT2D eigenvalue weighted by Crippen LogP contribution is 2.07. The van der Waals surface area contributed by atoms with E-state index in [9.17, 15) is 14.4 Å². The highest BCUT2D eigenvalue weighted by molar-refractivity contribution is 5.98. The molecule has 1 aromatic rings. The highest BCUT2D eigenvalue weighted by Gasteiger charge is 2.26. The van der Waals surface area contributed by atoms with E-state index < -0.39 is 18.0 Å². The van der Waals surface area contributed by atoms with Crippen LogP contribution in [0.2, 0.25) is 0 Å². The van der Waals surface area contributed by atoms with Crippen LogP contribution in [0.15, 0.2) is 35.3 Å². The first-order valence-corrected chi connectivity index (χ1v) is 12.3. The van der Waals surface area contributed by atoms with Crippen molar-refractivity contribution in [2.45, 2.75) is 63.5 Å². The molecule has 0 bridgehead atoms. The van der Waals surface area contributed by atoms with Crippen LogP contribution in [0.5, 0.6) is 0 Å². The second-order valence-corrected chi connectivity index (χ2v) is 8.33. The minimum atomic E-state index is -0.779. The van der Waals surface area contributed by atoms with E-state index in [1.165, 1.54) is 0 Å². The molecular formula is C24H42N8O3. The summed E-state index contributed by atoms with van der Waals surface area (Å²) in [6.07, 6.45) is 5.11. The van der Waals surface area contributed by atoms with Gasteiger partial charge in [0.1, 0.15) is 12.1 Å². The second-order valence-electron chi connectivity index (χ2n) is 8.33.